The van der Waals surface area contributed by atoms with E-state index < -0.39 is 5.97 Å². The SMILES string of the molecule is CCCC1CCC(C(=O)O)C(n2cnc3ccccc32)C1. The number of aromatic nitrogens is 2. The average Bonchev–Trinajstić information content (AvgIpc) is 2.91. The van der Waals surface area contributed by atoms with E-state index in [1.165, 1.54) is 12.8 Å². The van der Waals surface area contributed by atoms with Gasteiger partial charge in [0.2, 0.25) is 0 Å². The third-order valence-corrected chi connectivity index (χ3v) is 4.78. The van der Waals surface area contributed by atoms with Crippen LogP contribution < -0.4 is 0 Å². The maximum absolute atomic E-state index is 11.6. The van der Waals surface area contributed by atoms with Crippen LogP contribution in [0.2, 0.25) is 0 Å². The normalized spacial score (nSPS) is 26.0. The van der Waals surface area contributed by atoms with E-state index in [1.807, 2.05) is 30.6 Å². The zero-order chi connectivity index (χ0) is 14.8. The van der Waals surface area contributed by atoms with Gasteiger partial charge in [-0.1, -0.05) is 31.9 Å². The van der Waals surface area contributed by atoms with Gasteiger partial charge in [0.1, 0.15) is 0 Å². The zero-order valence-corrected chi connectivity index (χ0v) is 12.4. The second-order valence-corrected chi connectivity index (χ2v) is 6.12. The lowest BCUT2D eigenvalue weighted by molar-refractivity contribution is -0.145. The van der Waals surface area contributed by atoms with Gasteiger partial charge in [0.15, 0.2) is 0 Å². The summed E-state index contributed by atoms with van der Waals surface area (Å²) in [5.41, 5.74) is 1.99. The first-order chi connectivity index (χ1) is 10.2. The summed E-state index contributed by atoms with van der Waals surface area (Å²) in [4.78, 5) is 16.1. The van der Waals surface area contributed by atoms with Gasteiger partial charge in [0, 0.05) is 6.04 Å². The van der Waals surface area contributed by atoms with Crippen LogP contribution in [0.15, 0.2) is 30.6 Å². The van der Waals surface area contributed by atoms with Crippen LogP contribution in [0.1, 0.15) is 45.1 Å². The molecule has 2 aromatic rings. The summed E-state index contributed by atoms with van der Waals surface area (Å²) in [6.45, 7) is 2.20. The van der Waals surface area contributed by atoms with Crippen molar-refractivity contribution < 1.29 is 9.90 Å². The van der Waals surface area contributed by atoms with E-state index >= 15 is 0 Å². The number of carboxylic acid groups (broad SMARTS) is 1. The highest BCUT2D eigenvalue weighted by Crippen LogP contribution is 2.40. The number of carbonyl (C=O) groups is 1. The first kappa shape index (κ1) is 14.1. The van der Waals surface area contributed by atoms with Gasteiger partial charge in [-0.2, -0.15) is 0 Å². The van der Waals surface area contributed by atoms with Gasteiger partial charge < -0.3 is 9.67 Å². The van der Waals surface area contributed by atoms with E-state index in [0.717, 1.165) is 30.3 Å². The van der Waals surface area contributed by atoms with Crippen LogP contribution in [0.3, 0.4) is 0 Å². The molecule has 112 valence electrons. The van der Waals surface area contributed by atoms with Crippen molar-refractivity contribution in [2.24, 2.45) is 11.8 Å². The summed E-state index contributed by atoms with van der Waals surface area (Å²) in [6, 6.07) is 8.00. The molecule has 0 spiro atoms. The van der Waals surface area contributed by atoms with Crippen LogP contribution in [0, 0.1) is 11.8 Å². The summed E-state index contributed by atoms with van der Waals surface area (Å²) in [5, 5.41) is 9.56. The van der Waals surface area contributed by atoms with Gasteiger partial charge in [0.05, 0.1) is 23.3 Å². The predicted octanol–water partition coefficient (Wildman–Crippen LogP) is 3.88. The molecule has 21 heavy (non-hydrogen) atoms. The molecule has 1 aromatic heterocycles. The number of nitrogens with zero attached hydrogens (tertiary/aromatic N) is 2. The van der Waals surface area contributed by atoms with Crippen molar-refractivity contribution in [1.82, 2.24) is 9.55 Å². The summed E-state index contributed by atoms with van der Waals surface area (Å²) >= 11 is 0. The molecule has 0 bridgehead atoms. The molecule has 1 aliphatic rings. The molecule has 1 aromatic carbocycles. The van der Waals surface area contributed by atoms with Crippen molar-refractivity contribution in [2.45, 2.75) is 45.1 Å². The van der Waals surface area contributed by atoms with Crippen LogP contribution in [-0.2, 0) is 4.79 Å². The Morgan fingerprint density at radius 2 is 2.19 bits per heavy atom. The van der Waals surface area contributed by atoms with Crippen LogP contribution in [0.5, 0.6) is 0 Å². The molecule has 3 unspecified atom stereocenters. The van der Waals surface area contributed by atoms with Crippen molar-refractivity contribution in [2.75, 3.05) is 0 Å². The average molecular weight is 286 g/mol. The highest BCUT2D eigenvalue weighted by atomic mass is 16.4. The Kier molecular flexibility index (Phi) is 3.95. The number of rotatable bonds is 4. The lowest BCUT2D eigenvalue weighted by Gasteiger charge is -2.35. The summed E-state index contributed by atoms with van der Waals surface area (Å²) in [7, 11) is 0. The number of imidazole rings is 1. The fraction of sp³-hybridized carbons (Fsp3) is 0.529. The van der Waals surface area contributed by atoms with Gasteiger partial charge >= 0.3 is 5.97 Å². The van der Waals surface area contributed by atoms with E-state index in [-0.39, 0.29) is 12.0 Å². The lowest BCUT2D eigenvalue weighted by atomic mass is 9.76. The molecule has 4 heteroatoms. The van der Waals surface area contributed by atoms with E-state index in [2.05, 4.69) is 16.5 Å². The maximum Gasteiger partial charge on any atom is 0.308 e. The minimum atomic E-state index is -0.673. The first-order valence-corrected chi connectivity index (χ1v) is 7.85. The van der Waals surface area contributed by atoms with Crippen molar-refractivity contribution in [3.8, 4) is 0 Å². The van der Waals surface area contributed by atoms with Crippen molar-refractivity contribution in [3.63, 3.8) is 0 Å². The van der Waals surface area contributed by atoms with Crippen LogP contribution >= 0.6 is 0 Å². The van der Waals surface area contributed by atoms with Gasteiger partial charge in [-0.25, -0.2) is 4.98 Å². The van der Waals surface area contributed by atoms with E-state index in [1.54, 1.807) is 0 Å². The lowest BCUT2D eigenvalue weighted by Crippen LogP contribution is -2.32. The fourth-order valence-corrected chi connectivity index (χ4v) is 3.74. The van der Waals surface area contributed by atoms with Crippen LogP contribution in [-0.4, -0.2) is 20.6 Å². The second kappa shape index (κ2) is 5.88. The molecular formula is C17H22N2O2. The molecule has 0 radical (unpaired) electrons. The quantitative estimate of drug-likeness (QED) is 0.928. The van der Waals surface area contributed by atoms with Gasteiger partial charge in [-0.05, 0) is 37.3 Å². The molecule has 4 nitrogen and oxygen atoms in total. The van der Waals surface area contributed by atoms with Crippen LogP contribution in [0.4, 0.5) is 0 Å². The molecule has 0 amide bonds. The second-order valence-electron chi connectivity index (χ2n) is 6.12. The number of para-hydroxylation sites is 2. The van der Waals surface area contributed by atoms with Crippen molar-refractivity contribution >= 4 is 17.0 Å². The minimum absolute atomic E-state index is 0.0280. The topological polar surface area (TPSA) is 55.1 Å². The number of benzene rings is 1. The van der Waals surface area contributed by atoms with Gasteiger partial charge in [0.25, 0.3) is 0 Å². The Bertz CT molecular complexity index is 635. The standard InChI is InChI=1S/C17H22N2O2/c1-2-5-12-8-9-13(17(20)21)16(10-12)19-11-18-14-6-3-4-7-15(14)19/h3-4,6-7,11-13,16H,2,5,8-10H2,1H3,(H,20,21). The van der Waals surface area contributed by atoms with E-state index in [9.17, 15) is 9.90 Å². The van der Waals surface area contributed by atoms with Crippen molar-refractivity contribution in [1.29, 1.82) is 0 Å². The molecule has 1 fully saturated rings. The monoisotopic (exact) mass is 286 g/mol. The number of hydrogen-bond acceptors (Lipinski definition) is 2. The molecule has 1 saturated carbocycles. The van der Waals surface area contributed by atoms with Gasteiger partial charge in [-0.3, -0.25) is 4.79 Å². The van der Waals surface area contributed by atoms with Gasteiger partial charge in [-0.15, -0.1) is 0 Å². The Labute approximate surface area is 124 Å². The molecule has 0 aliphatic heterocycles. The van der Waals surface area contributed by atoms with Crippen molar-refractivity contribution in [3.05, 3.63) is 30.6 Å². The predicted molar refractivity (Wildman–Crippen MR) is 82.1 cm³/mol. The summed E-state index contributed by atoms with van der Waals surface area (Å²) in [6.07, 6.45) is 6.94. The molecule has 1 aliphatic carbocycles. The number of fused-ring (bicyclic) bond motifs is 1. The summed E-state index contributed by atoms with van der Waals surface area (Å²) in [5.74, 6) is -0.333. The Morgan fingerprint density at radius 1 is 1.38 bits per heavy atom. The highest BCUT2D eigenvalue weighted by Gasteiger charge is 2.36. The molecule has 0 saturated heterocycles. The molecule has 1 N–H and O–H groups in total. The molecule has 3 rings (SSSR count). The third-order valence-electron chi connectivity index (χ3n) is 4.78. The number of hydrogen-bond donors (Lipinski definition) is 1. The molecule has 1 heterocycles. The smallest absolute Gasteiger partial charge is 0.308 e. The number of carboxylic acids is 1. The summed E-state index contributed by atoms with van der Waals surface area (Å²) < 4.78 is 2.09. The third kappa shape index (κ3) is 2.67. The minimum Gasteiger partial charge on any atom is -0.481 e. The largest absolute Gasteiger partial charge is 0.481 e. The van der Waals surface area contributed by atoms with Crippen LogP contribution in [0.25, 0.3) is 11.0 Å². The first-order valence-electron chi connectivity index (χ1n) is 7.85. The zero-order valence-electron chi connectivity index (χ0n) is 12.4. The number of aliphatic carboxylic acids is 1. The van der Waals surface area contributed by atoms with E-state index in [0.29, 0.717) is 5.92 Å². The fourth-order valence-electron chi connectivity index (χ4n) is 3.74. The molecule has 3 atom stereocenters. The Hall–Kier alpha value is -1.84. The highest BCUT2D eigenvalue weighted by molar-refractivity contribution is 5.76. The Morgan fingerprint density at radius 3 is 2.95 bits per heavy atom. The maximum atomic E-state index is 11.6. The molecular weight excluding hydrogens is 264 g/mol. The van der Waals surface area contributed by atoms with E-state index in [4.69, 9.17) is 0 Å². The Balaban J connectivity index is 1.96.